The summed E-state index contributed by atoms with van der Waals surface area (Å²) in [6.07, 6.45) is 1.29. The molecule has 1 aromatic rings. The fourth-order valence-corrected chi connectivity index (χ4v) is 3.74. The van der Waals surface area contributed by atoms with Crippen molar-refractivity contribution in [3.63, 3.8) is 0 Å². The van der Waals surface area contributed by atoms with E-state index in [1.165, 1.54) is 17.7 Å². The van der Waals surface area contributed by atoms with Crippen molar-refractivity contribution < 1.29 is 0 Å². The fourth-order valence-electron chi connectivity index (χ4n) is 2.16. The summed E-state index contributed by atoms with van der Waals surface area (Å²) in [5, 5.41) is 4.52. The fraction of sp³-hybridized carbons (Fsp3) is 0.538. The molecular weight excluding hydrogens is 282 g/mol. The molecule has 3 unspecified atom stereocenters. The summed E-state index contributed by atoms with van der Waals surface area (Å²) in [6.45, 7) is 4.56. The number of benzene rings is 1. The minimum Gasteiger partial charge on any atom is -0.307 e. The van der Waals surface area contributed by atoms with Gasteiger partial charge >= 0.3 is 0 Å². The van der Waals surface area contributed by atoms with Gasteiger partial charge in [-0.25, -0.2) is 0 Å². The predicted octanol–water partition coefficient (Wildman–Crippen LogP) is 3.99. The SMILES string of the molecule is CC1CC(NC(C)c2cccc(Br)c2)CS1. The van der Waals surface area contributed by atoms with Crippen LogP contribution in [-0.2, 0) is 0 Å². The largest absolute Gasteiger partial charge is 0.307 e. The Hall–Kier alpha value is 0.01000. The quantitative estimate of drug-likeness (QED) is 0.905. The van der Waals surface area contributed by atoms with E-state index in [1.54, 1.807) is 0 Å². The third-order valence-corrected chi connectivity index (χ3v) is 4.88. The van der Waals surface area contributed by atoms with Crippen molar-refractivity contribution in [2.45, 2.75) is 37.6 Å². The molecular formula is C13H18BrNS. The zero-order valence-corrected chi connectivity index (χ0v) is 12.1. The molecule has 1 nitrogen and oxygen atoms in total. The summed E-state index contributed by atoms with van der Waals surface area (Å²) in [4.78, 5) is 0. The minimum atomic E-state index is 0.438. The van der Waals surface area contributed by atoms with E-state index in [1.807, 2.05) is 0 Å². The predicted molar refractivity (Wildman–Crippen MR) is 76.0 cm³/mol. The van der Waals surface area contributed by atoms with Crippen LogP contribution in [0.2, 0.25) is 0 Å². The average Bonchev–Trinajstić information content (AvgIpc) is 2.64. The third-order valence-electron chi connectivity index (χ3n) is 3.03. The second kappa shape index (κ2) is 5.56. The summed E-state index contributed by atoms with van der Waals surface area (Å²) < 4.78 is 1.16. The van der Waals surface area contributed by atoms with Crippen LogP contribution in [0.3, 0.4) is 0 Å². The molecule has 0 saturated carbocycles. The Morgan fingerprint density at radius 3 is 2.94 bits per heavy atom. The Labute approximate surface area is 111 Å². The molecule has 0 amide bonds. The van der Waals surface area contributed by atoms with Crippen LogP contribution in [-0.4, -0.2) is 17.0 Å². The molecule has 3 atom stereocenters. The van der Waals surface area contributed by atoms with E-state index in [0.717, 1.165) is 9.72 Å². The van der Waals surface area contributed by atoms with E-state index >= 15 is 0 Å². The molecule has 0 aliphatic carbocycles. The first-order valence-corrected chi connectivity index (χ1v) is 7.62. The molecule has 1 N–H and O–H groups in total. The van der Waals surface area contributed by atoms with Crippen molar-refractivity contribution in [2.24, 2.45) is 0 Å². The average molecular weight is 300 g/mol. The molecule has 3 heteroatoms. The number of halogens is 1. The first kappa shape index (κ1) is 12.5. The zero-order valence-electron chi connectivity index (χ0n) is 9.74. The van der Waals surface area contributed by atoms with Gasteiger partial charge in [0, 0.05) is 27.6 Å². The van der Waals surface area contributed by atoms with Crippen molar-refractivity contribution in [2.75, 3.05) is 5.75 Å². The van der Waals surface area contributed by atoms with Gasteiger partial charge in [0.05, 0.1) is 0 Å². The van der Waals surface area contributed by atoms with Crippen LogP contribution in [0, 0.1) is 0 Å². The lowest BCUT2D eigenvalue weighted by atomic mass is 10.1. The van der Waals surface area contributed by atoms with Crippen LogP contribution in [0.5, 0.6) is 0 Å². The second-order valence-corrected chi connectivity index (χ2v) is 6.91. The molecule has 0 bridgehead atoms. The van der Waals surface area contributed by atoms with E-state index in [9.17, 15) is 0 Å². The molecule has 0 radical (unpaired) electrons. The highest BCUT2D eigenvalue weighted by Gasteiger charge is 2.23. The van der Waals surface area contributed by atoms with E-state index in [0.29, 0.717) is 12.1 Å². The number of hydrogen-bond acceptors (Lipinski definition) is 2. The van der Waals surface area contributed by atoms with Gasteiger partial charge in [-0.2, -0.15) is 11.8 Å². The van der Waals surface area contributed by atoms with Gasteiger partial charge in [-0.05, 0) is 31.0 Å². The zero-order chi connectivity index (χ0) is 11.5. The van der Waals surface area contributed by atoms with Crippen molar-refractivity contribution >= 4 is 27.7 Å². The molecule has 1 aliphatic rings. The molecule has 1 aliphatic heterocycles. The maximum Gasteiger partial charge on any atom is 0.0295 e. The molecule has 1 aromatic carbocycles. The van der Waals surface area contributed by atoms with Crippen molar-refractivity contribution in [1.82, 2.24) is 5.32 Å². The normalized spacial score (nSPS) is 26.9. The van der Waals surface area contributed by atoms with Crippen LogP contribution in [0.4, 0.5) is 0 Å². The Kier molecular flexibility index (Phi) is 4.34. The Bertz CT molecular complexity index is 356. The lowest BCUT2D eigenvalue weighted by molar-refractivity contribution is 0.474. The first-order valence-electron chi connectivity index (χ1n) is 5.78. The molecule has 88 valence electrons. The smallest absolute Gasteiger partial charge is 0.0295 e. The van der Waals surface area contributed by atoms with Crippen LogP contribution in [0.25, 0.3) is 0 Å². The second-order valence-electron chi connectivity index (χ2n) is 4.52. The van der Waals surface area contributed by atoms with Crippen molar-refractivity contribution in [1.29, 1.82) is 0 Å². The molecule has 0 spiro atoms. The third kappa shape index (κ3) is 3.25. The molecule has 1 fully saturated rings. The standard InChI is InChI=1S/C13H18BrNS/c1-9-6-13(8-16-9)15-10(2)11-4-3-5-12(14)7-11/h3-5,7,9-10,13,15H,6,8H2,1-2H3. The van der Waals surface area contributed by atoms with Gasteiger partial charge < -0.3 is 5.32 Å². The highest BCUT2D eigenvalue weighted by Crippen LogP contribution is 2.28. The number of thioether (sulfide) groups is 1. The molecule has 0 aromatic heterocycles. The molecule has 1 saturated heterocycles. The highest BCUT2D eigenvalue weighted by molar-refractivity contribution is 9.10. The number of rotatable bonds is 3. The summed E-state index contributed by atoms with van der Waals surface area (Å²) in [5.41, 5.74) is 1.36. The summed E-state index contributed by atoms with van der Waals surface area (Å²) in [5.74, 6) is 1.25. The van der Waals surface area contributed by atoms with E-state index in [2.05, 4.69) is 71.1 Å². The van der Waals surface area contributed by atoms with Crippen LogP contribution < -0.4 is 5.32 Å². The van der Waals surface area contributed by atoms with Crippen LogP contribution in [0.1, 0.15) is 31.9 Å². The lowest BCUT2D eigenvalue weighted by Crippen LogP contribution is -2.31. The van der Waals surface area contributed by atoms with Gasteiger partial charge in [-0.3, -0.25) is 0 Å². The number of hydrogen-bond donors (Lipinski definition) is 1. The van der Waals surface area contributed by atoms with Gasteiger partial charge in [0.25, 0.3) is 0 Å². The monoisotopic (exact) mass is 299 g/mol. The van der Waals surface area contributed by atoms with Gasteiger partial charge in [0.1, 0.15) is 0 Å². The summed E-state index contributed by atoms with van der Waals surface area (Å²) >= 11 is 5.59. The van der Waals surface area contributed by atoms with Gasteiger partial charge in [-0.15, -0.1) is 0 Å². The number of nitrogens with one attached hydrogen (secondary N) is 1. The van der Waals surface area contributed by atoms with Crippen LogP contribution >= 0.6 is 27.7 Å². The topological polar surface area (TPSA) is 12.0 Å². The molecule has 2 rings (SSSR count). The molecule has 1 heterocycles. The summed E-state index contributed by atoms with van der Waals surface area (Å²) in [7, 11) is 0. The summed E-state index contributed by atoms with van der Waals surface area (Å²) in [6, 6.07) is 9.67. The Morgan fingerprint density at radius 1 is 1.50 bits per heavy atom. The Balaban J connectivity index is 1.95. The molecule has 16 heavy (non-hydrogen) atoms. The van der Waals surface area contributed by atoms with Gasteiger partial charge in [-0.1, -0.05) is 35.0 Å². The van der Waals surface area contributed by atoms with Crippen molar-refractivity contribution in [3.8, 4) is 0 Å². The van der Waals surface area contributed by atoms with Gasteiger partial charge in [0.15, 0.2) is 0 Å². The van der Waals surface area contributed by atoms with E-state index in [4.69, 9.17) is 0 Å². The minimum absolute atomic E-state index is 0.438. The van der Waals surface area contributed by atoms with Gasteiger partial charge in [0.2, 0.25) is 0 Å². The maximum absolute atomic E-state index is 3.71. The van der Waals surface area contributed by atoms with E-state index in [-0.39, 0.29) is 0 Å². The first-order chi connectivity index (χ1) is 7.65. The van der Waals surface area contributed by atoms with E-state index < -0.39 is 0 Å². The Morgan fingerprint density at radius 2 is 2.31 bits per heavy atom. The highest BCUT2D eigenvalue weighted by atomic mass is 79.9. The van der Waals surface area contributed by atoms with Crippen LogP contribution in [0.15, 0.2) is 28.7 Å². The maximum atomic E-state index is 3.71. The van der Waals surface area contributed by atoms with Crippen molar-refractivity contribution in [3.05, 3.63) is 34.3 Å². The lowest BCUT2D eigenvalue weighted by Gasteiger charge is -2.19.